The summed E-state index contributed by atoms with van der Waals surface area (Å²) in [4.78, 5) is 37.3. The normalized spacial score (nSPS) is 14.1. The van der Waals surface area contributed by atoms with Crippen LogP contribution < -0.4 is 10.6 Å². The van der Waals surface area contributed by atoms with Crippen molar-refractivity contribution in [2.75, 3.05) is 11.9 Å². The van der Waals surface area contributed by atoms with Gasteiger partial charge < -0.3 is 19.8 Å². The molecule has 1 aliphatic rings. The van der Waals surface area contributed by atoms with Crippen LogP contribution in [0.15, 0.2) is 22.8 Å². The van der Waals surface area contributed by atoms with Crippen molar-refractivity contribution in [2.24, 2.45) is 0 Å². The number of esters is 1. The quantitative estimate of drug-likeness (QED) is 0.738. The standard InChI is InChI=1S/C19H22N2O5S/c1-11(14-7-5-9-25-14)20-16(23)10-26-19(24)17-13-6-3-4-8-15(13)27-18(17)21-12(2)22/h5,7,9,11H,3-4,6,8,10H2,1-2H3,(H,20,23)(H,21,22)/t11-/m0/s1. The Hall–Kier alpha value is -2.61. The molecule has 2 N–H and O–H groups in total. The molecule has 0 spiro atoms. The number of rotatable bonds is 6. The van der Waals surface area contributed by atoms with E-state index in [9.17, 15) is 14.4 Å². The Morgan fingerprint density at radius 3 is 2.78 bits per heavy atom. The van der Waals surface area contributed by atoms with E-state index in [0.29, 0.717) is 16.3 Å². The lowest BCUT2D eigenvalue weighted by Crippen LogP contribution is -2.31. The summed E-state index contributed by atoms with van der Waals surface area (Å²) in [5.74, 6) is -0.626. The van der Waals surface area contributed by atoms with Crippen molar-refractivity contribution in [1.29, 1.82) is 0 Å². The second-order valence-corrected chi connectivity index (χ2v) is 7.58. The second kappa shape index (κ2) is 8.39. The summed E-state index contributed by atoms with van der Waals surface area (Å²) in [6.07, 6.45) is 5.25. The molecule has 0 aromatic carbocycles. The van der Waals surface area contributed by atoms with E-state index >= 15 is 0 Å². The third kappa shape index (κ3) is 4.57. The van der Waals surface area contributed by atoms with Crippen molar-refractivity contribution in [3.05, 3.63) is 40.2 Å². The summed E-state index contributed by atoms with van der Waals surface area (Å²) in [6.45, 7) is 2.79. The van der Waals surface area contributed by atoms with Gasteiger partial charge in [-0.15, -0.1) is 11.3 Å². The molecule has 0 aliphatic heterocycles. The summed E-state index contributed by atoms with van der Waals surface area (Å²) in [5.41, 5.74) is 1.32. The largest absolute Gasteiger partial charge is 0.467 e. The van der Waals surface area contributed by atoms with Gasteiger partial charge in [-0.3, -0.25) is 9.59 Å². The molecule has 1 aliphatic carbocycles. The minimum absolute atomic E-state index is 0.243. The van der Waals surface area contributed by atoms with Gasteiger partial charge in [0.2, 0.25) is 5.91 Å². The molecule has 8 heteroatoms. The lowest BCUT2D eigenvalue weighted by atomic mass is 9.95. The van der Waals surface area contributed by atoms with Crippen molar-refractivity contribution in [3.63, 3.8) is 0 Å². The first-order valence-electron chi connectivity index (χ1n) is 8.87. The highest BCUT2D eigenvalue weighted by Gasteiger charge is 2.27. The number of carbonyl (C=O) groups is 3. The number of amides is 2. The maximum absolute atomic E-state index is 12.6. The van der Waals surface area contributed by atoms with Gasteiger partial charge in [-0.1, -0.05) is 0 Å². The molecule has 1 atom stereocenters. The Labute approximate surface area is 161 Å². The van der Waals surface area contributed by atoms with Crippen LogP contribution in [0.3, 0.4) is 0 Å². The highest BCUT2D eigenvalue weighted by atomic mass is 32.1. The van der Waals surface area contributed by atoms with Crippen LogP contribution in [0.4, 0.5) is 5.00 Å². The third-order valence-electron chi connectivity index (χ3n) is 4.35. The number of anilines is 1. The second-order valence-electron chi connectivity index (χ2n) is 6.48. The van der Waals surface area contributed by atoms with Crippen LogP contribution in [-0.4, -0.2) is 24.4 Å². The molecular weight excluding hydrogens is 368 g/mol. The first-order chi connectivity index (χ1) is 13.0. The van der Waals surface area contributed by atoms with Crippen LogP contribution in [0.25, 0.3) is 0 Å². The van der Waals surface area contributed by atoms with Gasteiger partial charge in [0.15, 0.2) is 6.61 Å². The van der Waals surface area contributed by atoms with E-state index in [0.717, 1.165) is 36.1 Å². The average molecular weight is 390 g/mol. The predicted octanol–water partition coefficient (Wildman–Crippen LogP) is 3.21. The van der Waals surface area contributed by atoms with Crippen LogP contribution in [0, 0.1) is 0 Å². The molecule has 2 aromatic heterocycles. The molecule has 0 saturated heterocycles. The van der Waals surface area contributed by atoms with Crippen molar-refractivity contribution in [2.45, 2.75) is 45.6 Å². The molecule has 0 fully saturated rings. The number of nitrogens with one attached hydrogen (secondary N) is 2. The third-order valence-corrected chi connectivity index (χ3v) is 5.55. The summed E-state index contributed by atoms with van der Waals surface area (Å²) in [5, 5.41) is 5.93. The van der Waals surface area contributed by atoms with E-state index in [2.05, 4.69) is 10.6 Å². The molecule has 27 heavy (non-hydrogen) atoms. The van der Waals surface area contributed by atoms with E-state index in [-0.39, 0.29) is 11.9 Å². The maximum atomic E-state index is 12.6. The highest BCUT2D eigenvalue weighted by Crippen LogP contribution is 2.38. The van der Waals surface area contributed by atoms with E-state index in [1.54, 1.807) is 19.1 Å². The van der Waals surface area contributed by atoms with Gasteiger partial charge in [0, 0.05) is 11.8 Å². The van der Waals surface area contributed by atoms with Gasteiger partial charge in [0.25, 0.3) is 5.91 Å². The fraction of sp³-hybridized carbons (Fsp3) is 0.421. The lowest BCUT2D eigenvalue weighted by molar-refractivity contribution is -0.125. The van der Waals surface area contributed by atoms with E-state index in [1.165, 1.54) is 24.5 Å². The van der Waals surface area contributed by atoms with E-state index in [1.807, 2.05) is 0 Å². The molecule has 0 saturated carbocycles. The Morgan fingerprint density at radius 2 is 2.07 bits per heavy atom. The van der Waals surface area contributed by atoms with Gasteiger partial charge in [-0.25, -0.2) is 4.79 Å². The number of furan rings is 1. The number of carbonyl (C=O) groups excluding carboxylic acids is 3. The first kappa shape index (κ1) is 19.2. The lowest BCUT2D eigenvalue weighted by Gasteiger charge is -2.14. The van der Waals surface area contributed by atoms with Crippen molar-refractivity contribution in [3.8, 4) is 0 Å². The zero-order chi connectivity index (χ0) is 19.4. The van der Waals surface area contributed by atoms with Gasteiger partial charge in [-0.05, 0) is 50.3 Å². The average Bonchev–Trinajstić information content (AvgIpc) is 3.26. The van der Waals surface area contributed by atoms with Crippen molar-refractivity contribution >= 4 is 34.1 Å². The number of hydrogen-bond donors (Lipinski definition) is 2. The molecular formula is C19H22N2O5S. The molecule has 0 radical (unpaired) electrons. The topological polar surface area (TPSA) is 97.6 Å². The van der Waals surface area contributed by atoms with Gasteiger partial charge in [0.1, 0.15) is 10.8 Å². The smallest absolute Gasteiger partial charge is 0.341 e. The minimum Gasteiger partial charge on any atom is -0.467 e. The van der Waals surface area contributed by atoms with Gasteiger partial charge >= 0.3 is 5.97 Å². The molecule has 2 amide bonds. The van der Waals surface area contributed by atoms with Crippen molar-refractivity contribution < 1.29 is 23.5 Å². The molecule has 7 nitrogen and oxygen atoms in total. The molecule has 2 aromatic rings. The van der Waals surface area contributed by atoms with Crippen LogP contribution in [-0.2, 0) is 27.2 Å². The SMILES string of the molecule is CC(=O)Nc1sc2c(c1C(=O)OCC(=O)N[C@@H](C)c1ccco1)CCCC2. The van der Waals surface area contributed by atoms with E-state index in [4.69, 9.17) is 9.15 Å². The van der Waals surface area contributed by atoms with Gasteiger partial charge in [-0.2, -0.15) is 0 Å². The molecule has 3 rings (SSSR count). The Bertz CT molecular complexity index is 841. The predicted molar refractivity (Wildman–Crippen MR) is 101 cm³/mol. The van der Waals surface area contributed by atoms with E-state index < -0.39 is 18.5 Å². The maximum Gasteiger partial charge on any atom is 0.341 e. The zero-order valence-electron chi connectivity index (χ0n) is 15.3. The number of ether oxygens (including phenoxy) is 1. The van der Waals surface area contributed by atoms with Gasteiger partial charge in [0.05, 0.1) is 17.9 Å². The summed E-state index contributed by atoms with van der Waals surface area (Å²) >= 11 is 1.42. The molecule has 0 bridgehead atoms. The van der Waals surface area contributed by atoms with Crippen molar-refractivity contribution in [1.82, 2.24) is 5.32 Å². The highest BCUT2D eigenvalue weighted by molar-refractivity contribution is 7.17. The minimum atomic E-state index is -0.584. The number of fused-ring (bicyclic) bond motifs is 1. The fourth-order valence-corrected chi connectivity index (χ4v) is 4.45. The Balaban J connectivity index is 1.66. The monoisotopic (exact) mass is 390 g/mol. The summed E-state index contributed by atoms with van der Waals surface area (Å²) in [6, 6.07) is 3.17. The first-order valence-corrected chi connectivity index (χ1v) is 9.69. The molecule has 2 heterocycles. The van der Waals surface area contributed by atoms with Crippen LogP contribution in [0.2, 0.25) is 0 Å². The van der Waals surface area contributed by atoms with Crippen LogP contribution in [0.5, 0.6) is 0 Å². The number of thiophene rings is 1. The molecule has 144 valence electrons. The number of aryl methyl sites for hydroxylation is 1. The Morgan fingerprint density at radius 1 is 1.30 bits per heavy atom. The number of hydrogen-bond acceptors (Lipinski definition) is 6. The fourth-order valence-electron chi connectivity index (χ4n) is 3.12. The van der Waals surface area contributed by atoms with Crippen LogP contribution in [0.1, 0.15) is 59.3 Å². The Kier molecular flexibility index (Phi) is 5.95. The molecule has 0 unspecified atom stereocenters. The zero-order valence-corrected chi connectivity index (χ0v) is 16.1. The summed E-state index contributed by atoms with van der Waals surface area (Å²) < 4.78 is 10.5. The van der Waals surface area contributed by atoms with Crippen LogP contribution >= 0.6 is 11.3 Å². The summed E-state index contributed by atoms with van der Waals surface area (Å²) in [7, 11) is 0.